The minimum Gasteiger partial charge on any atom is -0.379 e. The molecule has 1 aliphatic rings. The number of para-hydroxylation sites is 1. The van der Waals surface area contributed by atoms with Crippen LogP contribution in [0.5, 0.6) is 0 Å². The van der Waals surface area contributed by atoms with Gasteiger partial charge in [0, 0.05) is 24.4 Å². The number of fused-ring (bicyclic) bond motifs is 1. The summed E-state index contributed by atoms with van der Waals surface area (Å²) in [6, 6.07) is 39.4. The van der Waals surface area contributed by atoms with Gasteiger partial charge in [0.25, 0.3) is 10.0 Å². The quantitative estimate of drug-likeness (QED) is 0.0528. The lowest BCUT2D eigenvalue weighted by atomic mass is 9.97. The highest BCUT2D eigenvalue weighted by Crippen LogP contribution is 2.33. The number of hydrogen-bond acceptors (Lipinski definition) is 10. The van der Waals surface area contributed by atoms with Gasteiger partial charge in [-0.2, -0.15) is 0 Å². The molecule has 11 nitrogen and oxygen atoms in total. The summed E-state index contributed by atoms with van der Waals surface area (Å²) in [5.74, 6) is 0. The SMILES string of the molecule is NCCCCCOC[C@H]1O[C@@H](OCCc2cn(S(=O)(=O)c3ccccc3)c3ccccc23)[C@H](OCc2ccccc2)[C@@H](OCc2ccccc2)[C@@H]1OCc1ccc(Cl)nc1. The minimum absolute atomic E-state index is 0.190. The predicted octanol–water partition coefficient (Wildman–Crippen LogP) is 8.11. The van der Waals surface area contributed by atoms with Crippen molar-refractivity contribution in [1.82, 2.24) is 8.96 Å². The topological polar surface area (TPSA) is 133 Å². The van der Waals surface area contributed by atoms with Crippen molar-refractivity contribution < 1.29 is 36.8 Å². The van der Waals surface area contributed by atoms with Crippen LogP contribution in [0.1, 0.15) is 41.5 Å². The predicted molar refractivity (Wildman–Crippen MR) is 231 cm³/mol. The van der Waals surface area contributed by atoms with E-state index in [4.69, 9.17) is 45.8 Å². The maximum absolute atomic E-state index is 13.8. The second-order valence-corrected chi connectivity index (χ2v) is 16.9. The van der Waals surface area contributed by atoms with E-state index in [9.17, 15) is 8.42 Å². The van der Waals surface area contributed by atoms with Gasteiger partial charge < -0.3 is 34.2 Å². The van der Waals surface area contributed by atoms with Gasteiger partial charge in [0.05, 0.1) is 43.4 Å². The lowest BCUT2D eigenvalue weighted by Crippen LogP contribution is -2.61. The molecule has 3 heterocycles. The Hall–Kier alpha value is -4.47. The zero-order valence-electron chi connectivity index (χ0n) is 33.5. The normalized spacial score (nSPS) is 19.5. The molecule has 13 heteroatoms. The van der Waals surface area contributed by atoms with E-state index >= 15 is 0 Å². The molecular formula is C47H52ClN3O8S. The van der Waals surface area contributed by atoms with E-state index in [1.807, 2.05) is 91.0 Å². The number of benzene rings is 4. The molecule has 60 heavy (non-hydrogen) atoms. The summed E-state index contributed by atoms with van der Waals surface area (Å²) in [4.78, 5) is 4.46. The van der Waals surface area contributed by atoms with Crippen molar-refractivity contribution in [2.24, 2.45) is 5.73 Å². The molecule has 2 N–H and O–H groups in total. The molecule has 0 bridgehead atoms. The van der Waals surface area contributed by atoms with E-state index in [1.165, 1.54) is 3.97 Å². The van der Waals surface area contributed by atoms with Crippen LogP contribution in [0.3, 0.4) is 0 Å². The summed E-state index contributed by atoms with van der Waals surface area (Å²) in [6.45, 7) is 2.33. The summed E-state index contributed by atoms with van der Waals surface area (Å²) in [5.41, 5.74) is 9.92. The highest BCUT2D eigenvalue weighted by Gasteiger charge is 2.49. The Bertz CT molecular complexity index is 2300. The van der Waals surface area contributed by atoms with Gasteiger partial charge in [-0.15, -0.1) is 0 Å². The zero-order chi connectivity index (χ0) is 41.6. The molecule has 0 spiro atoms. The Morgan fingerprint density at radius 3 is 1.98 bits per heavy atom. The summed E-state index contributed by atoms with van der Waals surface area (Å²) in [7, 11) is -3.86. The van der Waals surface area contributed by atoms with Crippen LogP contribution >= 0.6 is 11.6 Å². The first kappa shape index (κ1) is 43.6. The van der Waals surface area contributed by atoms with E-state index in [0.717, 1.165) is 46.9 Å². The van der Waals surface area contributed by atoms with Crippen LogP contribution < -0.4 is 5.73 Å². The summed E-state index contributed by atoms with van der Waals surface area (Å²) in [5, 5.41) is 1.21. The maximum Gasteiger partial charge on any atom is 0.268 e. The first-order chi connectivity index (χ1) is 29.4. The molecule has 1 fully saturated rings. The third-order valence-electron chi connectivity index (χ3n) is 10.4. The van der Waals surface area contributed by atoms with E-state index < -0.39 is 40.7 Å². The molecule has 2 aromatic heterocycles. The molecule has 0 amide bonds. The van der Waals surface area contributed by atoms with Crippen LogP contribution in [0.2, 0.25) is 5.15 Å². The van der Waals surface area contributed by atoms with E-state index in [2.05, 4.69) is 4.98 Å². The van der Waals surface area contributed by atoms with Crippen molar-refractivity contribution in [2.45, 2.75) is 81.1 Å². The average molecular weight is 854 g/mol. The second-order valence-electron chi connectivity index (χ2n) is 14.7. The molecule has 0 aliphatic carbocycles. The summed E-state index contributed by atoms with van der Waals surface area (Å²) < 4.78 is 69.1. The third-order valence-corrected chi connectivity index (χ3v) is 12.3. The molecule has 1 aliphatic heterocycles. The first-order valence-electron chi connectivity index (χ1n) is 20.4. The minimum atomic E-state index is -3.86. The van der Waals surface area contributed by atoms with Crippen molar-refractivity contribution in [3.05, 3.63) is 167 Å². The fourth-order valence-electron chi connectivity index (χ4n) is 7.26. The summed E-state index contributed by atoms with van der Waals surface area (Å²) in [6.07, 6.45) is 2.93. The van der Waals surface area contributed by atoms with Crippen LogP contribution in [0.15, 0.2) is 145 Å². The highest BCUT2D eigenvalue weighted by atomic mass is 35.5. The number of pyridine rings is 1. The average Bonchev–Trinajstić information content (AvgIpc) is 3.67. The molecular weight excluding hydrogens is 802 g/mol. The van der Waals surface area contributed by atoms with Crippen LogP contribution in [-0.2, 0) is 64.7 Å². The smallest absolute Gasteiger partial charge is 0.268 e. The molecule has 7 rings (SSSR count). The maximum atomic E-state index is 13.8. The van der Waals surface area contributed by atoms with E-state index in [1.54, 1.807) is 48.8 Å². The molecule has 0 radical (unpaired) electrons. The number of nitrogens with two attached hydrogens (primary N) is 1. The van der Waals surface area contributed by atoms with Crippen LogP contribution in [0.4, 0.5) is 0 Å². The number of unbranched alkanes of at least 4 members (excludes halogenated alkanes) is 2. The molecule has 1 saturated heterocycles. The van der Waals surface area contributed by atoms with Gasteiger partial charge in [0.15, 0.2) is 6.29 Å². The van der Waals surface area contributed by atoms with Gasteiger partial charge in [0.2, 0.25) is 0 Å². The number of rotatable bonds is 22. The van der Waals surface area contributed by atoms with Gasteiger partial charge >= 0.3 is 0 Å². The van der Waals surface area contributed by atoms with Crippen molar-refractivity contribution in [3.63, 3.8) is 0 Å². The van der Waals surface area contributed by atoms with Gasteiger partial charge in [-0.3, -0.25) is 0 Å². The standard InChI is InChI=1S/C47H52ClN3O8S/c48-43-24-23-37(29-50-43)33-56-44-42(34-54-27-14-4-13-26-49)59-47(46(58-32-36-17-7-2-8-18-36)45(44)57-31-35-15-5-1-6-16-35)55-28-25-38-30-51(41-22-12-11-21-40(38)41)60(52,53)39-19-9-3-10-20-39/h1-3,5-12,15-24,29-30,42,44-47H,4,13-14,25-28,31-34,49H2/t42-,44-,45+,46-,47-/m1/s1. The van der Waals surface area contributed by atoms with Gasteiger partial charge in [-0.05, 0) is 78.7 Å². The monoisotopic (exact) mass is 853 g/mol. The Labute approximate surface area is 357 Å². The van der Waals surface area contributed by atoms with Gasteiger partial charge in [0.1, 0.15) is 29.6 Å². The van der Waals surface area contributed by atoms with E-state index in [-0.39, 0.29) is 37.9 Å². The number of aromatic nitrogens is 2. The molecule has 6 aromatic rings. The molecule has 0 unspecified atom stereocenters. The Morgan fingerprint density at radius 1 is 0.667 bits per heavy atom. The number of nitrogens with zero attached hydrogens (tertiary/aromatic N) is 2. The number of halogens is 1. The fourth-order valence-corrected chi connectivity index (χ4v) is 8.79. The Balaban J connectivity index is 1.18. The second kappa shape index (κ2) is 21.9. The zero-order valence-corrected chi connectivity index (χ0v) is 35.0. The fraction of sp³-hybridized carbons (Fsp3) is 0.340. The van der Waals surface area contributed by atoms with Crippen LogP contribution in [0, 0.1) is 0 Å². The lowest BCUT2D eigenvalue weighted by molar-refractivity contribution is -0.328. The largest absolute Gasteiger partial charge is 0.379 e. The highest BCUT2D eigenvalue weighted by molar-refractivity contribution is 7.90. The lowest BCUT2D eigenvalue weighted by Gasteiger charge is -2.46. The Morgan fingerprint density at radius 2 is 1.30 bits per heavy atom. The first-order valence-corrected chi connectivity index (χ1v) is 22.2. The number of ether oxygens (including phenoxy) is 6. The van der Waals surface area contributed by atoms with Crippen molar-refractivity contribution >= 4 is 32.5 Å². The van der Waals surface area contributed by atoms with Crippen LogP contribution in [0.25, 0.3) is 10.9 Å². The Kier molecular flexibility index (Phi) is 15.9. The summed E-state index contributed by atoms with van der Waals surface area (Å²) >= 11 is 6.11. The van der Waals surface area contributed by atoms with Crippen molar-refractivity contribution in [2.75, 3.05) is 26.4 Å². The van der Waals surface area contributed by atoms with Crippen molar-refractivity contribution in [1.29, 1.82) is 0 Å². The van der Waals surface area contributed by atoms with Crippen molar-refractivity contribution in [3.8, 4) is 0 Å². The molecule has 0 saturated carbocycles. The molecule has 5 atom stereocenters. The van der Waals surface area contributed by atoms with E-state index in [0.29, 0.717) is 30.2 Å². The molecule has 316 valence electrons. The third kappa shape index (κ3) is 11.5. The van der Waals surface area contributed by atoms with Gasteiger partial charge in [-0.25, -0.2) is 17.4 Å². The number of hydrogen-bond donors (Lipinski definition) is 1. The van der Waals surface area contributed by atoms with Gasteiger partial charge in [-0.1, -0.05) is 115 Å². The molecule has 4 aromatic carbocycles. The van der Waals surface area contributed by atoms with Crippen LogP contribution in [-0.4, -0.2) is 74.4 Å².